The molecule has 9 heteroatoms. The molecule has 0 radical (unpaired) electrons. The van der Waals surface area contributed by atoms with E-state index in [0.29, 0.717) is 23.6 Å². The molecule has 1 aliphatic heterocycles. The molecule has 0 amide bonds. The van der Waals surface area contributed by atoms with E-state index in [9.17, 15) is 5.11 Å². The van der Waals surface area contributed by atoms with Gasteiger partial charge in [0.2, 0.25) is 0 Å². The largest absolute Gasteiger partial charge is 0.416 e. The zero-order valence-corrected chi connectivity index (χ0v) is 16.6. The second-order valence-corrected chi connectivity index (χ2v) is 10.4. The molecule has 3 N–H and O–H groups in total. The van der Waals surface area contributed by atoms with Gasteiger partial charge in [0.1, 0.15) is 11.8 Å². The molecule has 1 aliphatic rings. The highest BCUT2D eigenvalue weighted by Crippen LogP contribution is 2.51. The van der Waals surface area contributed by atoms with Crippen LogP contribution in [0.1, 0.15) is 20.8 Å². The fraction of sp³-hybridized carbons (Fsp3) is 0.688. The maximum atomic E-state index is 10.1. The van der Waals surface area contributed by atoms with Crippen molar-refractivity contribution in [3.05, 3.63) is 12.7 Å². The Labute approximate surface area is 149 Å². The molecule has 0 bridgehead atoms. The van der Waals surface area contributed by atoms with Crippen LogP contribution in [0.25, 0.3) is 11.2 Å². The van der Waals surface area contributed by atoms with Gasteiger partial charge in [-0.2, -0.15) is 0 Å². The summed E-state index contributed by atoms with van der Waals surface area (Å²) in [7, 11) is -1.28. The minimum absolute atomic E-state index is 0.00874. The van der Waals surface area contributed by atoms with E-state index in [2.05, 4.69) is 48.8 Å². The summed E-state index contributed by atoms with van der Waals surface area (Å²) in [6, 6.07) is 0. The van der Waals surface area contributed by atoms with Crippen LogP contribution in [0.5, 0.6) is 0 Å². The minimum atomic E-state index is -1.28. The Hall–Kier alpha value is -1.55. The van der Waals surface area contributed by atoms with Gasteiger partial charge < -0.3 is 20.0 Å². The Kier molecular flexibility index (Phi) is 4.61. The van der Waals surface area contributed by atoms with Crippen LogP contribution < -0.4 is 5.73 Å². The second kappa shape index (κ2) is 6.31. The van der Waals surface area contributed by atoms with Crippen molar-refractivity contribution in [3.63, 3.8) is 0 Å². The molecular weight excluding hydrogens is 338 g/mol. The van der Waals surface area contributed by atoms with Crippen molar-refractivity contribution in [3.8, 4) is 0 Å². The van der Waals surface area contributed by atoms with Crippen LogP contribution in [-0.2, 0) is 14.9 Å². The lowest BCUT2D eigenvalue weighted by Gasteiger charge is -2.58. The SMILES string of the molecule is C[SiH](C)OC[C@]1(n2cnc3c(N)ncnc32)O[C@H](C(C)(C)C)[C@H]1CO. The summed E-state index contributed by atoms with van der Waals surface area (Å²) in [6.07, 6.45) is 2.98. The molecule has 1 saturated heterocycles. The summed E-state index contributed by atoms with van der Waals surface area (Å²) in [5, 5.41) is 10.1. The summed E-state index contributed by atoms with van der Waals surface area (Å²) in [5.41, 5.74) is 6.10. The van der Waals surface area contributed by atoms with Gasteiger partial charge in [-0.25, -0.2) is 15.0 Å². The molecule has 25 heavy (non-hydrogen) atoms. The van der Waals surface area contributed by atoms with Gasteiger partial charge >= 0.3 is 0 Å². The highest BCUT2D eigenvalue weighted by molar-refractivity contribution is 6.48. The minimum Gasteiger partial charge on any atom is -0.416 e. The fourth-order valence-corrected chi connectivity index (χ4v) is 4.01. The van der Waals surface area contributed by atoms with Crippen molar-refractivity contribution < 1.29 is 14.3 Å². The maximum Gasteiger partial charge on any atom is 0.177 e. The average molecular weight is 366 g/mol. The number of hydrogen-bond acceptors (Lipinski definition) is 7. The van der Waals surface area contributed by atoms with Crippen LogP contribution in [-0.4, -0.2) is 53.0 Å². The molecule has 0 spiro atoms. The number of nitrogens with zero attached hydrogens (tertiary/aromatic N) is 4. The van der Waals surface area contributed by atoms with Crippen molar-refractivity contribution in [1.82, 2.24) is 19.5 Å². The maximum absolute atomic E-state index is 10.1. The van der Waals surface area contributed by atoms with E-state index < -0.39 is 14.8 Å². The first-order valence-corrected chi connectivity index (χ1v) is 11.3. The van der Waals surface area contributed by atoms with Gasteiger partial charge in [0.25, 0.3) is 0 Å². The Balaban J connectivity index is 2.08. The Bertz CT molecular complexity index is 760. The Morgan fingerprint density at radius 3 is 2.68 bits per heavy atom. The number of nitrogen functional groups attached to an aromatic ring is 1. The van der Waals surface area contributed by atoms with Crippen molar-refractivity contribution in [1.29, 1.82) is 0 Å². The smallest absolute Gasteiger partial charge is 0.177 e. The lowest BCUT2D eigenvalue weighted by Crippen LogP contribution is -2.68. The third-order valence-electron chi connectivity index (χ3n) is 4.72. The number of imidazole rings is 1. The van der Waals surface area contributed by atoms with Crippen LogP contribution in [0.15, 0.2) is 12.7 Å². The molecule has 0 aromatic carbocycles. The Morgan fingerprint density at radius 1 is 1.36 bits per heavy atom. The van der Waals surface area contributed by atoms with Crippen molar-refractivity contribution >= 4 is 26.0 Å². The van der Waals surface area contributed by atoms with Gasteiger partial charge in [-0.1, -0.05) is 20.8 Å². The van der Waals surface area contributed by atoms with E-state index in [1.54, 1.807) is 6.33 Å². The molecule has 0 aliphatic carbocycles. The first-order valence-electron chi connectivity index (χ1n) is 8.55. The average Bonchev–Trinajstić information content (AvgIpc) is 2.91. The van der Waals surface area contributed by atoms with E-state index >= 15 is 0 Å². The lowest BCUT2D eigenvalue weighted by atomic mass is 9.71. The zero-order chi connectivity index (χ0) is 18.4. The summed E-state index contributed by atoms with van der Waals surface area (Å²) in [6.45, 7) is 10.9. The van der Waals surface area contributed by atoms with Crippen LogP contribution in [0.2, 0.25) is 13.1 Å². The monoisotopic (exact) mass is 365 g/mol. The lowest BCUT2D eigenvalue weighted by molar-refractivity contribution is -0.349. The molecule has 138 valence electrons. The number of ether oxygens (including phenoxy) is 1. The van der Waals surface area contributed by atoms with Crippen LogP contribution >= 0.6 is 0 Å². The van der Waals surface area contributed by atoms with Gasteiger partial charge in [0.15, 0.2) is 26.2 Å². The summed E-state index contributed by atoms with van der Waals surface area (Å²) in [4.78, 5) is 12.7. The number of nitrogens with two attached hydrogens (primary N) is 1. The van der Waals surface area contributed by atoms with E-state index in [4.69, 9.17) is 14.9 Å². The number of aliphatic hydroxyl groups is 1. The third-order valence-corrected chi connectivity index (χ3v) is 5.55. The summed E-state index contributed by atoms with van der Waals surface area (Å²) >= 11 is 0. The molecule has 2 aromatic rings. The van der Waals surface area contributed by atoms with Crippen LogP contribution in [0.4, 0.5) is 5.82 Å². The molecule has 1 fully saturated rings. The Morgan fingerprint density at radius 2 is 2.08 bits per heavy atom. The molecule has 2 aromatic heterocycles. The van der Waals surface area contributed by atoms with Crippen molar-refractivity contribution in [2.75, 3.05) is 18.9 Å². The zero-order valence-electron chi connectivity index (χ0n) is 15.4. The van der Waals surface area contributed by atoms with Gasteiger partial charge in [-0.05, 0) is 18.5 Å². The van der Waals surface area contributed by atoms with Crippen LogP contribution in [0, 0.1) is 11.3 Å². The van der Waals surface area contributed by atoms with Gasteiger partial charge in [-0.3, -0.25) is 4.57 Å². The number of hydrogen-bond donors (Lipinski definition) is 2. The van der Waals surface area contributed by atoms with Gasteiger partial charge in [-0.15, -0.1) is 0 Å². The first kappa shape index (κ1) is 18.2. The molecular formula is C16H27N5O3Si. The van der Waals surface area contributed by atoms with Crippen LogP contribution in [0.3, 0.4) is 0 Å². The van der Waals surface area contributed by atoms with Crippen molar-refractivity contribution in [2.45, 2.75) is 45.7 Å². The fourth-order valence-electron chi connectivity index (χ4n) is 3.43. The van der Waals surface area contributed by atoms with Gasteiger partial charge in [0.05, 0.1) is 31.6 Å². The highest BCUT2D eigenvalue weighted by Gasteiger charge is 2.60. The molecule has 8 nitrogen and oxygen atoms in total. The summed E-state index contributed by atoms with van der Waals surface area (Å²) < 4.78 is 14.3. The normalized spacial score (nSPS) is 27.0. The molecule has 0 saturated carbocycles. The predicted octanol–water partition coefficient (Wildman–Crippen LogP) is 1.11. The summed E-state index contributed by atoms with van der Waals surface area (Å²) in [5.74, 6) is 0.194. The van der Waals surface area contributed by atoms with E-state index in [0.717, 1.165) is 0 Å². The molecule has 3 heterocycles. The first-order chi connectivity index (χ1) is 11.7. The van der Waals surface area contributed by atoms with E-state index in [1.807, 2.05) is 4.57 Å². The highest BCUT2D eigenvalue weighted by atomic mass is 28.3. The molecule has 3 atom stereocenters. The number of anilines is 1. The quantitative estimate of drug-likeness (QED) is 0.764. The number of aliphatic hydroxyl groups excluding tert-OH is 1. The van der Waals surface area contributed by atoms with Crippen molar-refractivity contribution in [2.24, 2.45) is 11.3 Å². The van der Waals surface area contributed by atoms with E-state index in [-0.39, 0.29) is 24.0 Å². The predicted molar refractivity (Wildman–Crippen MR) is 97.4 cm³/mol. The van der Waals surface area contributed by atoms with E-state index in [1.165, 1.54) is 6.33 Å². The standard InChI is InChI=1S/C16H27N5O3Si/c1-15(2,3)12-10(6-22)16(24-12,7-23-25(4)5)21-9-20-11-13(17)18-8-19-14(11)21/h8-10,12,22,25H,6-7H2,1-5H3,(H2,17,18,19)/t10-,12+,16+/m1/s1. The second-order valence-electron chi connectivity index (χ2n) is 7.94. The number of rotatable bonds is 5. The third kappa shape index (κ3) is 2.95. The topological polar surface area (TPSA) is 108 Å². The number of aromatic nitrogens is 4. The molecule has 0 unspecified atom stereocenters. The van der Waals surface area contributed by atoms with Gasteiger partial charge in [0, 0.05) is 0 Å². The number of fused-ring (bicyclic) bond motifs is 1. The molecule has 3 rings (SSSR count).